The highest BCUT2D eigenvalue weighted by molar-refractivity contribution is 9.10. The Morgan fingerprint density at radius 1 is 1.41 bits per heavy atom. The summed E-state index contributed by atoms with van der Waals surface area (Å²) in [7, 11) is 0. The van der Waals surface area contributed by atoms with Crippen molar-refractivity contribution in [1.29, 1.82) is 0 Å². The van der Waals surface area contributed by atoms with E-state index in [4.69, 9.17) is 0 Å². The lowest BCUT2D eigenvalue weighted by Crippen LogP contribution is -2.60. The first-order valence-electron chi connectivity index (χ1n) is 6.21. The van der Waals surface area contributed by atoms with Crippen molar-refractivity contribution in [2.24, 2.45) is 0 Å². The minimum absolute atomic E-state index is 0.224. The second kappa shape index (κ2) is 5.09. The molecule has 1 fully saturated rings. The monoisotopic (exact) mass is 296 g/mol. The van der Waals surface area contributed by atoms with E-state index in [-0.39, 0.29) is 5.54 Å². The maximum Gasteiger partial charge on any atom is 0.0281 e. The smallest absolute Gasteiger partial charge is 0.0281 e. The average Bonchev–Trinajstić information content (AvgIpc) is 2.27. The third kappa shape index (κ3) is 3.09. The predicted octanol–water partition coefficient (Wildman–Crippen LogP) is 3.02. The van der Waals surface area contributed by atoms with Crippen LogP contribution in [0.2, 0.25) is 0 Å². The molecule has 1 atom stereocenters. The standard InChI is InChI=1S/C14H21BrN2/c1-11-8-17(14(2,3)10-16-11)9-12-6-4-5-7-13(12)15/h4-7,11,16H,8-10H2,1-3H3. The Bertz CT molecular complexity index is 390. The van der Waals surface area contributed by atoms with Gasteiger partial charge < -0.3 is 5.32 Å². The molecule has 1 unspecified atom stereocenters. The van der Waals surface area contributed by atoms with Crippen molar-refractivity contribution in [2.75, 3.05) is 13.1 Å². The number of rotatable bonds is 2. The Balaban J connectivity index is 2.14. The molecule has 1 N–H and O–H groups in total. The van der Waals surface area contributed by atoms with E-state index in [1.807, 2.05) is 0 Å². The van der Waals surface area contributed by atoms with Crippen molar-refractivity contribution in [3.8, 4) is 0 Å². The fraction of sp³-hybridized carbons (Fsp3) is 0.571. The maximum absolute atomic E-state index is 3.63. The van der Waals surface area contributed by atoms with Gasteiger partial charge in [-0.3, -0.25) is 4.90 Å². The number of nitrogens with zero attached hydrogens (tertiary/aromatic N) is 1. The number of piperazine rings is 1. The quantitative estimate of drug-likeness (QED) is 0.902. The van der Waals surface area contributed by atoms with Crippen LogP contribution in [-0.4, -0.2) is 29.6 Å². The summed E-state index contributed by atoms with van der Waals surface area (Å²) in [6, 6.07) is 9.07. The summed E-state index contributed by atoms with van der Waals surface area (Å²) in [5.41, 5.74) is 1.59. The molecule has 0 bridgehead atoms. The second-order valence-electron chi connectivity index (χ2n) is 5.57. The first-order chi connectivity index (χ1) is 7.99. The van der Waals surface area contributed by atoms with E-state index in [1.54, 1.807) is 0 Å². The largest absolute Gasteiger partial charge is 0.311 e. The third-order valence-electron chi connectivity index (χ3n) is 3.55. The topological polar surface area (TPSA) is 15.3 Å². The van der Waals surface area contributed by atoms with Gasteiger partial charge in [0.15, 0.2) is 0 Å². The fourth-order valence-electron chi connectivity index (χ4n) is 2.29. The van der Waals surface area contributed by atoms with Gasteiger partial charge in [0.1, 0.15) is 0 Å². The Hall–Kier alpha value is -0.380. The van der Waals surface area contributed by atoms with E-state index < -0.39 is 0 Å². The van der Waals surface area contributed by atoms with Crippen LogP contribution in [-0.2, 0) is 6.54 Å². The minimum atomic E-state index is 0.224. The van der Waals surface area contributed by atoms with E-state index in [2.05, 4.69) is 71.2 Å². The van der Waals surface area contributed by atoms with Gasteiger partial charge >= 0.3 is 0 Å². The number of hydrogen-bond acceptors (Lipinski definition) is 2. The molecule has 1 aromatic carbocycles. The molecule has 2 nitrogen and oxygen atoms in total. The van der Waals surface area contributed by atoms with E-state index >= 15 is 0 Å². The molecule has 17 heavy (non-hydrogen) atoms. The van der Waals surface area contributed by atoms with Crippen LogP contribution in [0.25, 0.3) is 0 Å². The number of halogens is 1. The summed E-state index contributed by atoms with van der Waals surface area (Å²) >= 11 is 3.63. The highest BCUT2D eigenvalue weighted by Gasteiger charge is 2.32. The Labute approximate surface area is 113 Å². The van der Waals surface area contributed by atoms with E-state index in [0.29, 0.717) is 6.04 Å². The van der Waals surface area contributed by atoms with E-state index in [1.165, 1.54) is 10.0 Å². The van der Waals surface area contributed by atoms with Crippen LogP contribution in [0.4, 0.5) is 0 Å². The van der Waals surface area contributed by atoms with Crippen LogP contribution in [0.15, 0.2) is 28.7 Å². The van der Waals surface area contributed by atoms with Gasteiger partial charge in [0.25, 0.3) is 0 Å². The van der Waals surface area contributed by atoms with Crippen LogP contribution in [0.5, 0.6) is 0 Å². The maximum atomic E-state index is 3.63. The zero-order valence-corrected chi connectivity index (χ0v) is 12.4. The zero-order chi connectivity index (χ0) is 12.5. The van der Waals surface area contributed by atoms with Crippen molar-refractivity contribution < 1.29 is 0 Å². The van der Waals surface area contributed by atoms with Gasteiger partial charge in [-0.25, -0.2) is 0 Å². The van der Waals surface area contributed by atoms with Crippen LogP contribution in [0.3, 0.4) is 0 Å². The summed E-state index contributed by atoms with van der Waals surface area (Å²) in [5, 5.41) is 3.55. The number of hydrogen-bond donors (Lipinski definition) is 1. The average molecular weight is 297 g/mol. The molecular formula is C14H21BrN2. The zero-order valence-electron chi connectivity index (χ0n) is 10.8. The Morgan fingerprint density at radius 3 is 2.82 bits per heavy atom. The summed E-state index contributed by atoms with van der Waals surface area (Å²) in [6.07, 6.45) is 0. The Morgan fingerprint density at radius 2 is 2.12 bits per heavy atom. The summed E-state index contributed by atoms with van der Waals surface area (Å²) in [6.45, 7) is 10.0. The third-order valence-corrected chi connectivity index (χ3v) is 4.33. The van der Waals surface area contributed by atoms with Gasteiger partial charge in [-0.1, -0.05) is 34.1 Å². The van der Waals surface area contributed by atoms with Gasteiger partial charge in [0.05, 0.1) is 0 Å². The first kappa shape index (κ1) is 13.1. The molecule has 94 valence electrons. The molecule has 1 aliphatic rings. The SMILES string of the molecule is CC1CN(Cc2ccccc2Br)C(C)(C)CN1. The fourth-order valence-corrected chi connectivity index (χ4v) is 2.70. The molecule has 1 aromatic rings. The molecule has 3 heteroatoms. The van der Waals surface area contributed by atoms with Crippen molar-refractivity contribution in [3.63, 3.8) is 0 Å². The molecule has 0 saturated carbocycles. The van der Waals surface area contributed by atoms with E-state index in [9.17, 15) is 0 Å². The summed E-state index contributed by atoms with van der Waals surface area (Å²) in [4.78, 5) is 2.56. The molecule has 0 aliphatic carbocycles. The lowest BCUT2D eigenvalue weighted by Gasteiger charge is -2.45. The molecule has 0 amide bonds. The van der Waals surface area contributed by atoms with Crippen molar-refractivity contribution in [2.45, 2.75) is 38.9 Å². The van der Waals surface area contributed by atoms with Crippen LogP contribution >= 0.6 is 15.9 Å². The number of nitrogens with one attached hydrogen (secondary N) is 1. The van der Waals surface area contributed by atoms with Gasteiger partial charge in [0.2, 0.25) is 0 Å². The van der Waals surface area contributed by atoms with Gasteiger partial charge in [-0.15, -0.1) is 0 Å². The highest BCUT2D eigenvalue weighted by atomic mass is 79.9. The minimum Gasteiger partial charge on any atom is -0.311 e. The van der Waals surface area contributed by atoms with Gasteiger partial charge in [-0.05, 0) is 32.4 Å². The first-order valence-corrected chi connectivity index (χ1v) is 7.00. The lowest BCUT2D eigenvalue weighted by molar-refractivity contribution is 0.0625. The predicted molar refractivity (Wildman–Crippen MR) is 76.1 cm³/mol. The molecule has 2 rings (SSSR count). The molecule has 1 saturated heterocycles. The van der Waals surface area contributed by atoms with Crippen LogP contribution in [0, 0.1) is 0 Å². The van der Waals surface area contributed by atoms with Crippen LogP contribution < -0.4 is 5.32 Å². The molecule has 0 spiro atoms. The summed E-state index contributed by atoms with van der Waals surface area (Å²) < 4.78 is 1.21. The molecule has 1 aliphatic heterocycles. The number of benzene rings is 1. The van der Waals surface area contributed by atoms with Crippen LogP contribution in [0.1, 0.15) is 26.3 Å². The Kier molecular flexibility index (Phi) is 3.91. The lowest BCUT2D eigenvalue weighted by atomic mass is 9.97. The van der Waals surface area contributed by atoms with Gasteiger partial charge in [0, 0.05) is 35.7 Å². The van der Waals surface area contributed by atoms with Crippen molar-refractivity contribution >= 4 is 15.9 Å². The van der Waals surface area contributed by atoms with E-state index in [0.717, 1.165) is 19.6 Å². The molecular weight excluding hydrogens is 276 g/mol. The highest BCUT2D eigenvalue weighted by Crippen LogP contribution is 2.24. The van der Waals surface area contributed by atoms with Crippen molar-refractivity contribution in [1.82, 2.24) is 10.2 Å². The molecule has 0 radical (unpaired) electrons. The molecule has 1 heterocycles. The molecule has 0 aromatic heterocycles. The van der Waals surface area contributed by atoms with Crippen molar-refractivity contribution in [3.05, 3.63) is 34.3 Å². The normalized spacial score (nSPS) is 24.8. The van der Waals surface area contributed by atoms with Gasteiger partial charge in [-0.2, -0.15) is 0 Å². The summed E-state index contributed by atoms with van der Waals surface area (Å²) in [5.74, 6) is 0. The second-order valence-corrected chi connectivity index (χ2v) is 6.42.